The highest BCUT2D eigenvalue weighted by Gasteiger charge is 2.18. The third-order valence-corrected chi connectivity index (χ3v) is 3.53. The molecule has 0 aromatic heterocycles. The maximum Gasteiger partial charge on any atom is 0.237 e. The number of aliphatic hydroxyl groups is 1. The molecule has 0 aliphatic carbocycles. The Hall–Kier alpha value is -2.17. The Morgan fingerprint density at radius 2 is 1.45 bits per heavy atom. The summed E-state index contributed by atoms with van der Waals surface area (Å²) in [4.78, 5) is 12.2. The lowest BCUT2D eigenvalue weighted by molar-refractivity contribution is -0.123. The minimum absolute atomic E-state index is 0.112. The highest BCUT2D eigenvalue weighted by molar-refractivity contribution is 5.82. The van der Waals surface area contributed by atoms with Crippen molar-refractivity contribution < 1.29 is 9.90 Å². The third kappa shape index (κ3) is 4.98. The molecule has 0 saturated heterocycles. The minimum Gasteiger partial charge on any atom is -0.394 e. The molecular weight excluding hydrogens is 276 g/mol. The van der Waals surface area contributed by atoms with Crippen LogP contribution in [0.2, 0.25) is 0 Å². The van der Waals surface area contributed by atoms with Crippen LogP contribution in [0.15, 0.2) is 60.7 Å². The highest BCUT2D eigenvalue weighted by Crippen LogP contribution is 2.05. The predicted octanol–water partition coefficient (Wildman–Crippen LogP) is 1.28. The second-order valence-corrected chi connectivity index (χ2v) is 5.37. The van der Waals surface area contributed by atoms with Gasteiger partial charge >= 0.3 is 0 Å². The number of benzene rings is 2. The molecule has 0 heterocycles. The molecule has 22 heavy (non-hydrogen) atoms. The Morgan fingerprint density at radius 1 is 0.955 bits per heavy atom. The SMILES string of the molecule is N[C@@H](Cc1ccccc1)C(=O)N[C@@H](CO)Cc1ccccc1. The summed E-state index contributed by atoms with van der Waals surface area (Å²) in [7, 11) is 0. The second-order valence-electron chi connectivity index (χ2n) is 5.37. The number of rotatable bonds is 7. The van der Waals surface area contributed by atoms with E-state index in [4.69, 9.17) is 5.73 Å². The van der Waals surface area contributed by atoms with Crippen LogP contribution in [0.1, 0.15) is 11.1 Å². The first-order valence-corrected chi connectivity index (χ1v) is 7.43. The molecule has 4 heteroatoms. The molecule has 2 aromatic carbocycles. The van der Waals surface area contributed by atoms with Crippen LogP contribution in [0.4, 0.5) is 0 Å². The zero-order chi connectivity index (χ0) is 15.8. The van der Waals surface area contributed by atoms with Crippen LogP contribution in [0.3, 0.4) is 0 Å². The van der Waals surface area contributed by atoms with E-state index in [-0.39, 0.29) is 18.6 Å². The fraction of sp³-hybridized carbons (Fsp3) is 0.278. The minimum atomic E-state index is -0.618. The molecule has 0 bridgehead atoms. The van der Waals surface area contributed by atoms with Gasteiger partial charge in [-0.15, -0.1) is 0 Å². The molecular formula is C18H22N2O2. The standard InChI is InChI=1S/C18H22N2O2/c19-17(12-15-9-5-2-6-10-15)18(22)20-16(13-21)11-14-7-3-1-4-8-14/h1-10,16-17,21H,11-13,19H2,(H,20,22)/t16-,17+/m1/s1. The van der Waals surface area contributed by atoms with Gasteiger partial charge in [0, 0.05) is 0 Å². The average molecular weight is 298 g/mol. The lowest BCUT2D eigenvalue weighted by Gasteiger charge is -2.19. The van der Waals surface area contributed by atoms with E-state index >= 15 is 0 Å². The van der Waals surface area contributed by atoms with Crippen LogP contribution in [0.25, 0.3) is 0 Å². The van der Waals surface area contributed by atoms with Crippen LogP contribution < -0.4 is 11.1 Å². The number of aliphatic hydroxyl groups excluding tert-OH is 1. The van der Waals surface area contributed by atoms with E-state index in [9.17, 15) is 9.90 Å². The first-order valence-electron chi connectivity index (χ1n) is 7.43. The summed E-state index contributed by atoms with van der Waals surface area (Å²) in [6, 6.07) is 18.5. The Labute approximate surface area is 131 Å². The van der Waals surface area contributed by atoms with E-state index in [1.54, 1.807) is 0 Å². The normalized spacial score (nSPS) is 13.4. The first-order chi connectivity index (χ1) is 10.7. The summed E-state index contributed by atoms with van der Waals surface area (Å²) in [5.41, 5.74) is 8.04. The van der Waals surface area contributed by atoms with Crippen molar-refractivity contribution in [2.24, 2.45) is 5.73 Å². The molecule has 0 unspecified atom stereocenters. The van der Waals surface area contributed by atoms with Crippen LogP contribution >= 0.6 is 0 Å². The highest BCUT2D eigenvalue weighted by atomic mass is 16.3. The molecule has 2 aromatic rings. The van der Waals surface area contributed by atoms with Crippen molar-refractivity contribution in [3.63, 3.8) is 0 Å². The number of nitrogens with two attached hydrogens (primary N) is 1. The largest absolute Gasteiger partial charge is 0.394 e. The number of hydrogen-bond donors (Lipinski definition) is 3. The summed E-state index contributed by atoms with van der Waals surface area (Å²) in [5, 5.41) is 12.3. The average Bonchev–Trinajstić information content (AvgIpc) is 2.56. The zero-order valence-corrected chi connectivity index (χ0v) is 12.5. The van der Waals surface area contributed by atoms with Crippen molar-refractivity contribution in [1.29, 1.82) is 0 Å². The molecule has 0 spiro atoms. The third-order valence-electron chi connectivity index (χ3n) is 3.53. The van der Waals surface area contributed by atoms with E-state index in [2.05, 4.69) is 5.32 Å². The van der Waals surface area contributed by atoms with Crippen LogP contribution in [0.5, 0.6) is 0 Å². The van der Waals surface area contributed by atoms with Crippen molar-refractivity contribution >= 4 is 5.91 Å². The number of carbonyl (C=O) groups excluding carboxylic acids is 1. The topological polar surface area (TPSA) is 75.4 Å². The molecule has 0 saturated carbocycles. The van der Waals surface area contributed by atoms with Gasteiger partial charge in [-0.05, 0) is 24.0 Å². The molecule has 0 fully saturated rings. The number of nitrogens with one attached hydrogen (secondary N) is 1. The lowest BCUT2D eigenvalue weighted by atomic mass is 10.0. The Kier molecular flexibility index (Phi) is 6.13. The van der Waals surface area contributed by atoms with Crippen molar-refractivity contribution in [2.45, 2.75) is 24.9 Å². The molecule has 0 aliphatic heterocycles. The molecule has 4 N–H and O–H groups in total. The lowest BCUT2D eigenvalue weighted by Crippen LogP contribution is -2.48. The summed E-state index contributed by atoms with van der Waals surface area (Å²) >= 11 is 0. The molecule has 2 atom stereocenters. The van der Waals surface area contributed by atoms with E-state index in [1.165, 1.54) is 0 Å². The molecule has 116 valence electrons. The van der Waals surface area contributed by atoms with Gasteiger partial charge in [-0.3, -0.25) is 4.79 Å². The Balaban J connectivity index is 1.88. The smallest absolute Gasteiger partial charge is 0.237 e. The first kappa shape index (κ1) is 16.2. The van der Waals surface area contributed by atoms with E-state index in [0.717, 1.165) is 11.1 Å². The van der Waals surface area contributed by atoms with Gasteiger partial charge in [-0.25, -0.2) is 0 Å². The second kappa shape index (κ2) is 8.32. The van der Waals surface area contributed by atoms with Crippen molar-refractivity contribution in [2.75, 3.05) is 6.61 Å². The van der Waals surface area contributed by atoms with Gasteiger partial charge in [0.25, 0.3) is 0 Å². The summed E-state index contributed by atoms with van der Waals surface area (Å²) in [5.74, 6) is -0.237. The van der Waals surface area contributed by atoms with Gasteiger partial charge in [0.05, 0.1) is 18.7 Å². The maximum absolute atomic E-state index is 12.2. The maximum atomic E-state index is 12.2. The van der Waals surface area contributed by atoms with Gasteiger partial charge < -0.3 is 16.2 Å². The van der Waals surface area contributed by atoms with E-state index in [0.29, 0.717) is 12.8 Å². The van der Waals surface area contributed by atoms with Crippen molar-refractivity contribution in [3.05, 3.63) is 71.8 Å². The van der Waals surface area contributed by atoms with Gasteiger partial charge in [0.15, 0.2) is 0 Å². The molecule has 0 radical (unpaired) electrons. The van der Waals surface area contributed by atoms with Crippen LogP contribution in [-0.2, 0) is 17.6 Å². The fourth-order valence-corrected chi connectivity index (χ4v) is 2.33. The zero-order valence-electron chi connectivity index (χ0n) is 12.5. The van der Waals surface area contributed by atoms with Gasteiger partial charge in [-0.2, -0.15) is 0 Å². The molecule has 4 nitrogen and oxygen atoms in total. The monoisotopic (exact) mass is 298 g/mol. The van der Waals surface area contributed by atoms with Gasteiger partial charge in [0.2, 0.25) is 5.91 Å². The van der Waals surface area contributed by atoms with Gasteiger partial charge in [-0.1, -0.05) is 60.7 Å². The van der Waals surface area contributed by atoms with Crippen LogP contribution in [-0.4, -0.2) is 29.7 Å². The molecule has 0 aliphatic rings. The predicted molar refractivity (Wildman–Crippen MR) is 87.3 cm³/mol. The van der Waals surface area contributed by atoms with Gasteiger partial charge in [0.1, 0.15) is 0 Å². The van der Waals surface area contributed by atoms with Crippen molar-refractivity contribution in [1.82, 2.24) is 5.32 Å². The van der Waals surface area contributed by atoms with Crippen molar-refractivity contribution in [3.8, 4) is 0 Å². The van der Waals surface area contributed by atoms with E-state index < -0.39 is 6.04 Å². The number of amides is 1. The Bertz CT molecular complexity index is 572. The summed E-state index contributed by atoms with van der Waals surface area (Å²) in [6.45, 7) is -0.112. The Morgan fingerprint density at radius 3 is 1.95 bits per heavy atom. The number of carbonyl (C=O) groups is 1. The number of hydrogen-bond acceptors (Lipinski definition) is 3. The molecule has 2 rings (SSSR count). The van der Waals surface area contributed by atoms with E-state index in [1.807, 2.05) is 60.7 Å². The molecule has 1 amide bonds. The van der Waals surface area contributed by atoms with Crippen LogP contribution in [0, 0.1) is 0 Å². The quantitative estimate of drug-likeness (QED) is 0.721. The summed E-state index contributed by atoms with van der Waals surface area (Å²) in [6.07, 6.45) is 1.07. The summed E-state index contributed by atoms with van der Waals surface area (Å²) < 4.78 is 0. The fourth-order valence-electron chi connectivity index (χ4n) is 2.33.